The summed E-state index contributed by atoms with van der Waals surface area (Å²) in [7, 11) is 1.34. The molecule has 0 atom stereocenters. The van der Waals surface area contributed by atoms with Gasteiger partial charge in [0.05, 0.1) is 34.4 Å². The van der Waals surface area contributed by atoms with E-state index in [1.807, 2.05) is 41.8 Å². The average molecular weight is 470 g/mol. The van der Waals surface area contributed by atoms with Gasteiger partial charge in [-0.3, -0.25) is 9.59 Å². The molecule has 0 bridgehead atoms. The Morgan fingerprint density at radius 1 is 1.16 bits per heavy atom. The van der Waals surface area contributed by atoms with E-state index in [0.29, 0.717) is 23.5 Å². The molecule has 1 aliphatic heterocycles. The van der Waals surface area contributed by atoms with Gasteiger partial charge in [-0.05, 0) is 43.2 Å². The zero-order chi connectivity index (χ0) is 22.7. The molecule has 0 N–H and O–H groups in total. The average Bonchev–Trinajstić information content (AvgIpc) is 3.38. The Bertz CT molecular complexity index is 1260. The van der Waals surface area contributed by atoms with Crippen molar-refractivity contribution in [1.82, 2.24) is 4.57 Å². The van der Waals surface area contributed by atoms with Gasteiger partial charge in [0, 0.05) is 18.8 Å². The maximum atomic E-state index is 12.6. The number of hydrogen-bond donors (Lipinski definition) is 0. The molecule has 166 valence electrons. The number of rotatable bonds is 6. The minimum atomic E-state index is -0.403. The Labute approximate surface area is 193 Å². The van der Waals surface area contributed by atoms with Crippen LogP contribution in [0.15, 0.2) is 47.5 Å². The number of ether oxygens (including phenoxy) is 1. The quantitative estimate of drug-likeness (QED) is 0.518. The fourth-order valence-corrected chi connectivity index (χ4v) is 5.57. The van der Waals surface area contributed by atoms with E-state index in [2.05, 4.69) is 4.99 Å². The Balaban J connectivity index is 1.43. The van der Waals surface area contributed by atoms with Crippen LogP contribution in [0.1, 0.15) is 22.8 Å². The normalized spacial score (nSPS) is 13.4. The fourth-order valence-electron chi connectivity index (χ4n) is 3.75. The van der Waals surface area contributed by atoms with Gasteiger partial charge in [-0.2, -0.15) is 4.99 Å². The number of aryl methyl sites for hydroxylation is 1. The van der Waals surface area contributed by atoms with Gasteiger partial charge in [0.25, 0.3) is 5.91 Å². The second-order valence-corrected chi connectivity index (χ2v) is 9.22. The molecule has 2 heterocycles. The van der Waals surface area contributed by atoms with E-state index in [9.17, 15) is 14.4 Å². The van der Waals surface area contributed by atoms with E-state index < -0.39 is 5.97 Å². The summed E-state index contributed by atoms with van der Waals surface area (Å²) in [6.45, 7) is 3.30. The first kappa shape index (κ1) is 22.3. The molecule has 32 heavy (non-hydrogen) atoms. The van der Waals surface area contributed by atoms with Crippen molar-refractivity contribution in [3.63, 3.8) is 0 Å². The molecule has 0 saturated carbocycles. The third kappa shape index (κ3) is 4.49. The van der Waals surface area contributed by atoms with Crippen molar-refractivity contribution < 1.29 is 19.1 Å². The van der Waals surface area contributed by atoms with Crippen LogP contribution >= 0.6 is 23.1 Å². The smallest absolute Gasteiger partial charge is 0.337 e. The SMILES string of the molecule is CCn1c(=NC(=O)CSCC(=O)N2CCc3ccccc32)sc2cc(C(=O)OC)ccc21. The van der Waals surface area contributed by atoms with E-state index in [4.69, 9.17) is 4.74 Å². The molecule has 0 saturated heterocycles. The van der Waals surface area contributed by atoms with Crippen molar-refractivity contribution in [3.8, 4) is 0 Å². The van der Waals surface area contributed by atoms with Crippen molar-refractivity contribution in [2.24, 2.45) is 4.99 Å². The van der Waals surface area contributed by atoms with E-state index in [1.54, 1.807) is 17.0 Å². The number of fused-ring (bicyclic) bond motifs is 2. The largest absolute Gasteiger partial charge is 0.465 e. The van der Waals surface area contributed by atoms with Crippen molar-refractivity contribution in [2.45, 2.75) is 19.9 Å². The predicted octanol–water partition coefficient (Wildman–Crippen LogP) is 3.26. The highest BCUT2D eigenvalue weighted by molar-refractivity contribution is 8.00. The number of amides is 2. The van der Waals surface area contributed by atoms with Gasteiger partial charge in [0.2, 0.25) is 5.91 Å². The summed E-state index contributed by atoms with van der Waals surface area (Å²) in [4.78, 5) is 43.5. The van der Waals surface area contributed by atoms with Gasteiger partial charge in [-0.25, -0.2) is 4.79 Å². The third-order valence-electron chi connectivity index (χ3n) is 5.28. The zero-order valence-corrected chi connectivity index (χ0v) is 19.5. The lowest BCUT2D eigenvalue weighted by molar-refractivity contribution is -0.116. The molecule has 3 aromatic rings. The molecular weight excluding hydrogens is 446 g/mol. The summed E-state index contributed by atoms with van der Waals surface area (Å²) in [5.74, 6) is -0.315. The lowest BCUT2D eigenvalue weighted by Gasteiger charge is -2.16. The summed E-state index contributed by atoms with van der Waals surface area (Å²) in [6, 6.07) is 13.2. The highest BCUT2D eigenvalue weighted by Gasteiger charge is 2.24. The molecule has 2 aromatic carbocycles. The topological polar surface area (TPSA) is 81.0 Å². The number of carbonyl (C=O) groups excluding carboxylic acids is 3. The van der Waals surface area contributed by atoms with Crippen LogP contribution in [-0.4, -0.2) is 47.5 Å². The second-order valence-electron chi connectivity index (χ2n) is 7.23. The highest BCUT2D eigenvalue weighted by Crippen LogP contribution is 2.28. The minimum absolute atomic E-state index is 0.00794. The van der Waals surface area contributed by atoms with Gasteiger partial charge in [0.15, 0.2) is 4.80 Å². The first-order chi connectivity index (χ1) is 15.5. The number of benzene rings is 2. The van der Waals surface area contributed by atoms with Crippen LogP contribution in [0.5, 0.6) is 0 Å². The molecule has 0 spiro atoms. The molecule has 4 rings (SSSR count). The maximum Gasteiger partial charge on any atom is 0.337 e. The van der Waals surface area contributed by atoms with E-state index >= 15 is 0 Å². The number of thioether (sulfide) groups is 1. The number of anilines is 1. The number of esters is 1. The molecule has 7 nitrogen and oxygen atoms in total. The van der Waals surface area contributed by atoms with Gasteiger partial charge in [0.1, 0.15) is 0 Å². The molecule has 0 aliphatic carbocycles. The van der Waals surface area contributed by atoms with Crippen LogP contribution in [0.25, 0.3) is 10.2 Å². The van der Waals surface area contributed by atoms with Crippen LogP contribution in [0.3, 0.4) is 0 Å². The monoisotopic (exact) mass is 469 g/mol. The number of hydrogen-bond acceptors (Lipinski definition) is 6. The lowest BCUT2D eigenvalue weighted by Crippen LogP contribution is -2.30. The summed E-state index contributed by atoms with van der Waals surface area (Å²) in [5, 5.41) is 0. The van der Waals surface area contributed by atoms with Crippen molar-refractivity contribution in [3.05, 3.63) is 58.4 Å². The van der Waals surface area contributed by atoms with Gasteiger partial charge < -0.3 is 14.2 Å². The number of carbonyl (C=O) groups is 3. The van der Waals surface area contributed by atoms with Crippen LogP contribution in [-0.2, 0) is 27.3 Å². The maximum absolute atomic E-state index is 12.6. The van der Waals surface area contributed by atoms with Gasteiger partial charge >= 0.3 is 5.97 Å². The standard InChI is InChI=1S/C23H23N3O4S2/c1-3-25-18-9-8-16(22(29)30-2)12-19(18)32-23(25)24-20(27)13-31-14-21(28)26-11-10-15-6-4-5-7-17(15)26/h4-9,12H,3,10-11,13-14H2,1-2H3. The first-order valence-electron chi connectivity index (χ1n) is 10.3. The van der Waals surface area contributed by atoms with Crippen LogP contribution in [0.2, 0.25) is 0 Å². The van der Waals surface area contributed by atoms with Crippen molar-refractivity contribution in [2.75, 3.05) is 30.1 Å². The summed E-state index contributed by atoms with van der Waals surface area (Å²) in [6.07, 6.45) is 0.863. The summed E-state index contributed by atoms with van der Waals surface area (Å²) < 4.78 is 7.58. The molecule has 0 radical (unpaired) electrons. The lowest BCUT2D eigenvalue weighted by atomic mass is 10.2. The van der Waals surface area contributed by atoms with Crippen molar-refractivity contribution >= 4 is 56.8 Å². The van der Waals surface area contributed by atoms with Crippen LogP contribution < -0.4 is 9.70 Å². The molecule has 1 aliphatic rings. The Morgan fingerprint density at radius 3 is 2.75 bits per heavy atom. The highest BCUT2D eigenvalue weighted by atomic mass is 32.2. The van der Waals surface area contributed by atoms with Crippen LogP contribution in [0.4, 0.5) is 5.69 Å². The molecular formula is C23H23N3O4S2. The fraction of sp³-hybridized carbons (Fsp3) is 0.304. The molecule has 0 unspecified atom stereocenters. The third-order valence-corrected chi connectivity index (χ3v) is 7.22. The zero-order valence-electron chi connectivity index (χ0n) is 17.9. The number of methoxy groups -OCH3 is 1. The van der Waals surface area contributed by atoms with Gasteiger partial charge in [-0.1, -0.05) is 29.5 Å². The van der Waals surface area contributed by atoms with Gasteiger partial charge in [-0.15, -0.1) is 11.8 Å². The van der Waals surface area contributed by atoms with E-state index in [0.717, 1.165) is 22.3 Å². The second kappa shape index (κ2) is 9.70. The minimum Gasteiger partial charge on any atom is -0.465 e. The first-order valence-corrected chi connectivity index (χ1v) is 12.2. The predicted molar refractivity (Wildman–Crippen MR) is 127 cm³/mol. The molecule has 1 aromatic heterocycles. The molecule has 0 fully saturated rings. The van der Waals surface area contributed by atoms with E-state index in [-0.39, 0.29) is 23.3 Å². The number of para-hydroxylation sites is 1. The number of aromatic nitrogens is 1. The molecule has 2 amide bonds. The Morgan fingerprint density at radius 2 is 1.97 bits per heavy atom. The number of thiazole rings is 1. The number of nitrogens with zero attached hydrogens (tertiary/aromatic N) is 3. The Kier molecular flexibility index (Phi) is 6.76. The summed E-state index contributed by atoms with van der Waals surface area (Å²) >= 11 is 2.63. The van der Waals surface area contributed by atoms with Crippen molar-refractivity contribution in [1.29, 1.82) is 0 Å². The Hall–Kier alpha value is -2.91. The van der Waals surface area contributed by atoms with Crippen LogP contribution in [0, 0.1) is 0 Å². The van der Waals surface area contributed by atoms with E-state index in [1.165, 1.54) is 35.8 Å². The summed E-state index contributed by atoms with van der Waals surface area (Å²) in [5.41, 5.74) is 3.52. The molecule has 9 heteroatoms.